The van der Waals surface area contributed by atoms with Gasteiger partial charge in [-0.25, -0.2) is 0 Å². The zero-order chi connectivity index (χ0) is 14.1. The van der Waals surface area contributed by atoms with Crippen LogP contribution in [-0.2, 0) is 22.4 Å². The summed E-state index contributed by atoms with van der Waals surface area (Å²) in [6, 6.07) is 5.71. The van der Waals surface area contributed by atoms with E-state index < -0.39 is 18.4 Å². The first-order valence-electron chi connectivity index (χ1n) is 5.65. The van der Waals surface area contributed by atoms with Crippen LogP contribution in [-0.4, -0.2) is 27.3 Å². The highest BCUT2D eigenvalue weighted by Crippen LogP contribution is 2.21. The zero-order valence-electron chi connectivity index (χ0n) is 10.5. The Morgan fingerprint density at radius 3 is 1.89 bits per heavy atom. The summed E-state index contributed by atoms with van der Waals surface area (Å²) in [6.07, 6.45) is 1.10. The minimum Gasteiger partial charge on any atom is -0.508 e. The van der Waals surface area contributed by atoms with Gasteiger partial charge in [0.25, 0.3) is 0 Å². The molecule has 0 atom stereocenters. The highest BCUT2D eigenvalue weighted by molar-refractivity contribution is 5.88. The lowest BCUT2D eigenvalue weighted by Gasteiger charge is -2.06. The van der Waals surface area contributed by atoms with Crippen LogP contribution >= 0.6 is 0 Å². The number of carboxylic acid groups (broad SMARTS) is 2. The molecule has 5 heteroatoms. The molecule has 0 bridgehead atoms. The number of hydrogen-bond acceptors (Lipinski definition) is 3. The Labute approximate surface area is 106 Å². The lowest BCUT2D eigenvalue weighted by atomic mass is 10.0. The van der Waals surface area contributed by atoms with E-state index in [4.69, 9.17) is 10.2 Å². The second-order valence-corrected chi connectivity index (χ2v) is 3.59. The fourth-order valence-corrected chi connectivity index (χ4v) is 1.49. The summed E-state index contributed by atoms with van der Waals surface area (Å²) < 4.78 is 0. The molecule has 0 heterocycles. The molecule has 1 aromatic rings. The number of phenolic OH excluding ortho intramolecular Hbond substituents is 1. The summed E-state index contributed by atoms with van der Waals surface area (Å²) in [4.78, 5) is 18.9. The Hall–Kier alpha value is -2.04. The van der Waals surface area contributed by atoms with Crippen molar-refractivity contribution in [1.29, 1.82) is 0 Å². The van der Waals surface area contributed by atoms with Crippen molar-refractivity contribution >= 4 is 11.9 Å². The van der Waals surface area contributed by atoms with E-state index in [1.165, 1.54) is 5.56 Å². The van der Waals surface area contributed by atoms with Crippen molar-refractivity contribution in [2.45, 2.75) is 33.1 Å². The predicted molar refractivity (Wildman–Crippen MR) is 66.8 cm³/mol. The third-order valence-corrected chi connectivity index (χ3v) is 2.29. The summed E-state index contributed by atoms with van der Waals surface area (Å²) in [5.41, 5.74) is 2.35. The van der Waals surface area contributed by atoms with Gasteiger partial charge in [0, 0.05) is 0 Å². The van der Waals surface area contributed by atoms with Gasteiger partial charge in [-0.05, 0) is 30.0 Å². The van der Waals surface area contributed by atoms with Crippen LogP contribution in [0.15, 0.2) is 18.2 Å². The van der Waals surface area contributed by atoms with Crippen molar-refractivity contribution in [2.75, 3.05) is 0 Å². The maximum Gasteiger partial charge on any atom is 0.314 e. The summed E-state index contributed by atoms with van der Waals surface area (Å²) in [6.45, 7) is 4.17. The fourth-order valence-electron chi connectivity index (χ4n) is 1.49. The van der Waals surface area contributed by atoms with Gasteiger partial charge in [0.15, 0.2) is 0 Å². The monoisotopic (exact) mass is 254 g/mol. The number of aryl methyl sites for hydroxylation is 1. The number of phenols is 1. The quantitative estimate of drug-likeness (QED) is 0.715. The molecule has 0 aliphatic heterocycles. The van der Waals surface area contributed by atoms with E-state index in [2.05, 4.69) is 19.9 Å². The van der Waals surface area contributed by atoms with E-state index in [-0.39, 0.29) is 0 Å². The largest absolute Gasteiger partial charge is 0.508 e. The smallest absolute Gasteiger partial charge is 0.314 e. The molecule has 0 radical (unpaired) electrons. The minimum absolute atomic E-state index is 0.437. The Morgan fingerprint density at radius 1 is 1.06 bits per heavy atom. The molecule has 0 amide bonds. The molecule has 5 nitrogen and oxygen atoms in total. The van der Waals surface area contributed by atoms with Gasteiger partial charge in [-0.1, -0.05) is 26.0 Å². The maximum atomic E-state index is 9.43. The highest BCUT2D eigenvalue weighted by Gasteiger charge is 2.02. The van der Waals surface area contributed by atoms with Crippen molar-refractivity contribution in [3.8, 4) is 5.75 Å². The molecule has 1 aromatic carbocycles. The molecule has 1 rings (SSSR count). The van der Waals surface area contributed by atoms with Crippen LogP contribution in [0.25, 0.3) is 0 Å². The van der Waals surface area contributed by atoms with Crippen LogP contribution in [0.3, 0.4) is 0 Å². The Morgan fingerprint density at radius 2 is 1.61 bits per heavy atom. The topological polar surface area (TPSA) is 94.8 Å². The minimum atomic E-state index is -1.31. The second-order valence-electron chi connectivity index (χ2n) is 3.59. The lowest BCUT2D eigenvalue weighted by molar-refractivity contribution is -0.147. The number of benzene rings is 1. The first-order chi connectivity index (χ1) is 8.42. The Balaban J connectivity index is 0.000000360. The molecular formula is C13H18O5. The van der Waals surface area contributed by atoms with Gasteiger partial charge in [0.05, 0.1) is 0 Å². The van der Waals surface area contributed by atoms with Crippen LogP contribution in [0.4, 0.5) is 0 Å². The van der Waals surface area contributed by atoms with E-state index >= 15 is 0 Å². The normalized spacial score (nSPS) is 9.22. The third kappa shape index (κ3) is 5.89. The molecule has 0 fully saturated rings. The Bertz CT molecular complexity index is 400. The maximum absolute atomic E-state index is 9.43. The van der Waals surface area contributed by atoms with Crippen LogP contribution in [0.5, 0.6) is 5.75 Å². The molecule has 0 saturated heterocycles. The van der Waals surface area contributed by atoms with E-state index in [1.807, 2.05) is 6.07 Å². The first kappa shape index (κ1) is 16.0. The Kier molecular flexibility index (Phi) is 7.19. The van der Waals surface area contributed by atoms with Crippen molar-refractivity contribution in [3.05, 3.63) is 29.3 Å². The summed E-state index contributed by atoms with van der Waals surface area (Å²) in [5.74, 6) is -2.19. The predicted octanol–water partition coefficient (Wildman–Crippen LogP) is 2.06. The number of carbonyl (C=O) groups is 2. The summed E-state index contributed by atoms with van der Waals surface area (Å²) in [7, 11) is 0. The summed E-state index contributed by atoms with van der Waals surface area (Å²) >= 11 is 0. The summed E-state index contributed by atoms with van der Waals surface area (Å²) in [5, 5.41) is 24.8. The number of hydrogen-bond donors (Lipinski definition) is 3. The molecule has 100 valence electrons. The highest BCUT2D eigenvalue weighted by atomic mass is 16.4. The molecule has 18 heavy (non-hydrogen) atoms. The van der Waals surface area contributed by atoms with Gasteiger partial charge in [0.2, 0.25) is 0 Å². The second kappa shape index (κ2) is 8.11. The molecule has 0 aliphatic carbocycles. The van der Waals surface area contributed by atoms with Crippen molar-refractivity contribution in [3.63, 3.8) is 0 Å². The van der Waals surface area contributed by atoms with Crippen LogP contribution < -0.4 is 0 Å². The van der Waals surface area contributed by atoms with E-state index in [9.17, 15) is 14.7 Å². The first-order valence-corrected chi connectivity index (χ1v) is 5.65. The van der Waals surface area contributed by atoms with Crippen molar-refractivity contribution in [2.24, 2.45) is 0 Å². The SMILES string of the molecule is CCc1cccc(O)c1CC.O=C(O)CC(=O)O. The molecule has 0 unspecified atom stereocenters. The molecule has 0 aromatic heterocycles. The van der Waals surface area contributed by atoms with Crippen LogP contribution in [0.2, 0.25) is 0 Å². The molecule has 0 aliphatic rings. The van der Waals surface area contributed by atoms with Gasteiger partial charge in [-0.15, -0.1) is 0 Å². The molecule has 0 saturated carbocycles. The van der Waals surface area contributed by atoms with Gasteiger partial charge in [-0.3, -0.25) is 9.59 Å². The van der Waals surface area contributed by atoms with Gasteiger partial charge < -0.3 is 15.3 Å². The molecule has 0 spiro atoms. The fraction of sp³-hybridized carbons (Fsp3) is 0.385. The number of carboxylic acids is 2. The van der Waals surface area contributed by atoms with Crippen molar-refractivity contribution in [1.82, 2.24) is 0 Å². The zero-order valence-corrected chi connectivity index (χ0v) is 10.5. The van der Waals surface area contributed by atoms with E-state index in [0.717, 1.165) is 18.4 Å². The lowest BCUT2D eigenvalue weighted by Crippen LogP contribution is -2.03. The van der Waals surface area contributed by atoms with Gasteiger partial charge in [-0.2, -0.15) is 0 Å². The van der Waals surface area contributed by atoms with Crippen molar-refractivity contribution < 1.29 is 24.9 Å². The number of rotatable bonds is 4. The van der Waals surface area contributed by atoms with E-state index in [0.29, 0.717) is 5.75 Å². The standard InChI is InChI=1S/C10H14O.C3H4O4/c1-3-8-6-5-7-10(11)9(8)4-2;4-2(5)1-3(6)7/h5-7,11H,3-4H2,1-2H3;1H2,(H,4,5)(H,6,7). The number of aromatic hydroxyl groups is 1. The molecule has 3 N–H and O–H groups in total. The van der Waals surface area contributed by atoms with Gasteiger partial charge in [0.1, 0.15) is 12.2 Å². The van der Waals surface area contributed by atoms with Crippen LogP contribution in [0.1, 0.15) is 31.4 Å². The average molecular weight is 254 g/mol. The van der Waals surface area contributed by atoms with Crippen LogP contribution in [0, 0.1) is 0 Å². The third-order valence-electron chi connectivity index (χ3n) is 2.29. The number of aliphatic carboxylic acids is 2. The van der Waals surface area contributed by atoms with E-state index in [1.54, 1.807) is 6.07 Å². The van der Waals surface area contributed by atoms with Gasteiger partial charge >= 0.3 is 11.9 Å². The average Bonchev–Trinajstić information content (AvgIpc) is 2.27. The molecular weight excluding hydrogens is 236 g/mol.